The van der Waals surface area contributed by atoms with Crippen molar-refractivity contribution < 1.29 is 82.3 Å². The molecule has 686 valence electrons. The normalized spacial score (nSPS) is 14.3. The zero-order valence-electron chi connectivity index (χ0n) is 75.9. The van der Waals surface area contributed by atoms with Crippen molar-refractivity contribution in [2.24, 2.45) is 7.05 Å². The van der Waals surface area contributed by atoms with Crippen molar-refractivity contribution in [3.05, 3.63) is 403 Å². The van der Waals surface area contributed by atoms with Crippen molar-refractivity contribution in [3.8, 4) is 23.0 Å². The number of anilines is 2. The molecule has 25 heteroatoms. The van der Waals surface area contributed by atoms with Gasteiger partial charge in [-0.2, -0.15) is 0 Å². The van der Waals surface area contributed by atoms with E-state index in [2.05, 4.69) is 286 Å². The Bertz CT molecular complexity index is 5450. The van der Waals surface area contributed by atoms with Gasteiger partial charge in [-0.25, -0.2) is 4.57 Å². The predicted molar refractivity (Wildman–Crippen MR) is 505 cm³/mol. The first-order chi connectivity index (χ1) is 61.8. The van der Waals surface area contributed by atoms with Crippen LogP contribution in [0.5, 0.6) is 23.0 Å². The minimum absolute atomic E-state index is 0.00644. The number of aryl methyl sites for hydroxylation is 1. The fourth-order valence-electron chi connectivity index (χ4n) is 15.2. The second kappa shape index (κ2) is 41.2. The summed E-state index contributed by atoms with van der Waals surface area (Å²) in [5.41, 5.74) is 14.3. The maximum absolute atomic E-state index is 14.2. The second-order valence-electron chi connectivity index (χ2n) is 36.0. The van der Waals surface area contributed by atoms with Gasteiger partial charge in [0.1, 0.15) is 67.6 Å². The van der Waals surface area contributed by atoms with Crippen molar-refractivity contribution in [3.63, 3.8) is 0 Å². The number of hydrogen-bond acceptors (Lipinski definition) is 12. The van der Waals surface area contributed by atoms with E-state index in [1.807, 2.05) is 43.5 Å². The fraction of sp³-hybridized carbons (Fsp3) is 0.274. The van der Waals surface area contributed by atoms with E-state index in [9.17, 15) is 54.5 Å². The summed E-state index contributed by atoms with van der Waals surface area (Å²) in [6, 6.07) is 93.3. The molecule has 0 atom stereocenters. The number of carbonyl (C=O) groups excluding carboxylic acids is 4. The SMILES string of the molecule is C[n+]1cc(C(=O)Nc2ccc(C(c3ccccc3)(c3ccc(C(C)(C)C)cc3)c3ccc(C(C)(C)C)cc3)cc2)cc(C(=O)Nc2ccc(C(c3ccccc3)(c3ccc(C(C)(C)C)cc3)c3ccc(C(C)(C)C)cc3)cc2)c1.F[P-](F)(F)(F)(F)F.O=C1NCCOc2ccc(cc2)OCCOCC=CCOCCOc2ccc(cc2)OCCNC(=O)c2cc1cc([N+](=O)[O-])c2. The van der Waals surface area contributed by atoms with Gasteiger partial charge in [-0.05, 0) is 173 Å². The first kappa shape index (κ1) is 98.3. The molecule has 0 saturated heterocycles. The van der Waals surface area contributed by atoms with Gasteiger partial charge >= 0.3 is 33.0 Å². The van der Waals surface area contributed by atoms with Crippen molar-refractivity contribution in [1.29, 1.82) is 0 Å². The predicted octanol–water partition coefficient (Wildman–Crippen LogP) is 23.9. The van der Waals surface area contributed by atoms with Gasteiger partial charge in [0.15, 0.2) is 12.4 Å². The maximum Gasteiger partial charge on any atom is 0.271 e. The molecule has 16 rings (SSSR count). The number of benzene rings is 11. The summed E-state index contributed by atoms with van der Waals surface area (Å²) in [4.78, 5) is 64.8. The van der Waals surface area contributed by atoms with Crippen LogP contribution in [0.15, 0.2) is 304 Å². The molecular formula is C106H113F6N6O12P. The number of nitrogens with zero attached hydrogens (tertiary/aromatic N) is 2. The number of halogens is 6. The molecule has 4 N–H and O–H groups in total. The van der Waals surface area contributed by atoms with Crippen LogP contribution in [0.4, 0.5) is 42.2 Å². The van der Waals surface area contributed by atoms with Gasteiger partial charge in [0.25, 0.3) is 29.3 Å². The van der Waals surface area contributed by atoms with Gasteiger partial charge in [-0.3, -0.25) is 29.3 Å². The number of nitro benzene ring substituents is 1. The molecule has 0 unspecified atom stereocenters. The van der Waals surface area contributed by atoms with E-state index in [0.29, 0.717) is 85.1 Å². The van der Waals surface area contributed by atoms with E-state index < -0.39 is 35.4 Å². The molecule has 11 aromatic carbocycles. The molecule has 18 nitrogen and oxygen atoms in total. The van der Waals surface area contributed by atoms with Crippen molar-refractivity contribution in [2.45, 2.75) is 116 Å². The number of nitrogens with one attached hydrogen (secondary N) is 4. The maximum atomic E-state index is 14.2. The van der Waals surface area contributed by atoms with Gasteiger partial charge in [-0.15, -0.1) is 0 Å². The third-order valence-electron chi connectivity index (χ3n) is 22.0. The molecular weight excluding hydrogens is 1690 g/mol. The van der Waals surface area contributed by atoms with Crippen LogP contribution in [0.3, 0.4) is 0 Å². The van der Waals surface area contributed by atoms with Crippen molar-refractivity contribution >= 4 is 48.5 Å². The average molecular weight is 1810 g/mol. The molecule has 1 aromatic heterocycles. The molecule has 0 saturated carbocycles. The Hall–Kier alpha value is -13.3. The number of ether oxygens (including phenoxy) is 6. The molecule has 0 spiro atoms. The minimum Gasteiger partial charge on any atom is -0.492 e. The van der Waals surface area contributed by atoms with Crippen LogP contribution in [0.25, 0.3) is 0 Å². The molecule has 0 aliphatic carbocycles. The van der Waals surface area contributed by atoms with E-state index in [-0.39, 0.29) is 76.6 Å². The first-order valence-electron chi connectivity index (χ1n) is 43.1. The van der Waals surface area contributed by atoms with Crippen molar-refractivity contribution in [1.82, 2.24) is 10.6 Å². The second-order valence-corrected chi connectivity index (χ2v) is 38.0. The Morgan fingerprint density at radius 3 is 0.878 bits per heavy atom. The number of nitro groups is 1. The fourth-order valence-corrected chi connectivity index (χ4v) is 15.2. The Morgan fingerprint density at radius 1 is 0.359 bits per heavy atom. The molecule has 5 heterocycles. The number of rotatable bonds is 13. The van der Waals surface area contributed by atoms with Crippen LogP contribution in [0.2, 0.25) is 0 Å². The van der Waals surface area contributed by atoms with Crippen LogP contribution in [0.1, 0.15) is 191 Å². The molecule has 131 heavy (non-hydrogen) atoms. The quantitative estimate of drug-likeness (QED) is 0.0161. The molecule has 6 bridgehead atoms. The van der Waals surface area contributed by atoms with Crippen molar-refractivity contribution in [2.75, 3.05) is 76.6 Å². The van der Waals surface area contributed by atoms with Gasteiger partial charge in [0.05, 0.1) is 55.3 Å². The zero-order valence-corrected chi connectivity index (χ0v) is 76.8. The topological polar surface area (TPSA) is 219 Å². The summed E-state index contributed by atoms with van der Waals surface area (Å²) in [6.45, 7) is 29.9. The molecule has 4 amide bonds. The van der Waals surface area contributed by atoms with E-state index in [1.54, 1.807) is 71.6 Å². The third kappa shape index (κ3) is 27.6. The third-order valence-corrected chi connectivity index (χ3v) is 22.0. The molecule has 4 aliphatic heterocycles. The summed E-state index contributed by atoms with van der Waals surface area (Å²) >= 11 is 0. The number of carbonyl (C=O) groups is 4. The van der Waals surface area contributed by atoms with Crippen LogP contribution in [-0.2, 0) is 49.0 Å². The standard InChI is InChI=1S/C74H77N3O2.C32H35N3O10.F6P/c1-69(2,3)53-24-32-59(33-25-53)73(57-20-16-14-17-21-57,60-34-26-54(27-35-60)70(4,5)6)63-40-44-65(45-41-63)75-67(78)51-48-52(50-77(13)49-51)68(79)76-66-46-42-64(43-47-66)74(58-22-18-15-19-23-58,61-36-28-55(29-37-61)71(7,8)9)62-38-30-56(31-39-62)72(10,11)12;36-31-24-21-25(23-26(22-24)35(38)39)32(37)34-12-16-43-28-5-9-30(10-6-28)45-20-18-41-14-2-1-13-40-17-19-44-29-7-3-27(4-8-29)42-15-11-33-31;1-7(2,3,4,5)6/h14-50H,1-13H3,(H-,75,76,78,79);1-10,21-23H,11-20H2,(H,33,36)(H,34,37);/q;;-1/p+1. The Balaban J connectivity index is 0.000000268. The molecule has 0 fully saturated rings. The van der Waals surface area contributed by atoms with Crippen LogP contribution < -0.4 is 44.8 Å². The Morgan fingerprint density at radius 2 is 0.611 bits per heavy atom. The number of amides is 4. The largest absolute Gasteiger partial charge is 0.492 e. The summed E-state index contributed by atoms with van der Waals surface area (Å²) in [7, 11) is -8.83. The van der Waals surface area contributed by atoms with E-state index >= 15 is 0 Å². The number of non-ortho nitro benzene ring substituents is 1. The summed E-state index contributed by atoms with van der Waals surface area (Å²) < 4.78 is 94.7. The molecule has 4 aliphatic rings. The van der Waals surface area contributed by atoms with Gasteiger partial charge in [0, 0.05) is 34.6 Å². The monoisotopic (exact) mass is 1810 g/mol. The zero-order chi connectivity index (χ0) is 94.6. The Kier molecular flexibility index (Phi) is 30.9. The summed E-state index contributed by atoms with van der Waals surface area (Å²) in [5.74, 6) is 0.644. The summed E-state index contributed by atoms with van der Waals surface area (Å²) in [5, 5.41) is 23.1. The Labute approximate surface area is 762 Å². The first-order valence-corrected chi connectivity index (χ1v) is 45.2. The van der Waals surface area contributed by atoms with Gasteiger partial charge in [-0.1, -0.05) is 277 Å². The smallest absolute Gasteiger partial charge is 0.271 e. The molecule has 0 radical (unpaired) electrons. The van der Waals surface area contributed by atoms with Crippen LogP contribution in [0, 0.1) is 10.1 Å². The number of pyridine rings is 1. The number of hydrogen-bond donors (Lipinski definition) is 4. The van der Waals surface area contributed by atoms with Crippen LogP contribution >= 0.6 is 7.81 Å². The summed E-state index contributed by atoms with van der Waals surface area (Å²) in [6.07, 6.45) is 7.24. The van der Waals surface area contributed by atoms with E-state index in [0.717, 1.165) is 56.6 Å². The molecule has 12 aromatic rings. The van der Waals surface area contributed by atoms with E-state index in [4.69, 9.17) is 28.4 Å². The van der Waals surface area contributed by atoms with Gasteiger partial charge < -0.3 is 49.7 Å². The average Bonchev–Trinajstić information content (AvgIpc) is 0.732. The minimum atomic E-state index is -10.7. The van der Waals surface area contributed by atoms with E-state index in [1.165, 1.54) is 28.3 Å². The van der Waals surface area contributed by atoms with Gasteiger partial charge in [0.2, 0.25) is 0 Å². The van der Waals surface area contributed by atoms with Crippen LogP contribution in [-0.4, -0.2) is 94.5 Å². The number of aromatic nitrogens is 1.